The maximum atomic E-state index is 14.1. The molecule has 0 aromatic heterocycles. The van der Waals surface area contributed by atoms with Gasteiger partial charge < -0.3 is 94.7 Å². The maximum absolute atomic E-state index is 14.1. The highest BCUT2D eigenvalue weighted by Gasteiger charge is 2.60. The van der Waals surface area contributed by atoms with Crippen LogP contribution in [-0.4, -0.2) is 215 Å². The molecule has 31 heteroatoms. The van der Waals surface area contributed by atoms with Gasteiger partial charge in [-0.15, -0.1) is 0 Å². The molecule has 3 aromatic rings. The van der Waals surface area contributed by atoms with E-state index in [2.05, 4.69) is 0 Å². The van der Waals surface area contributed by atoms with Gasteiger partial charge in [0.25, 0.3) is 0 Å². The first kappa shape index (κ1) is 70.3. The molecule has 0 N–H and O–H groups in total. The molecule has 504 valence electrons. The van der Waals surface area contributed by atoms with Crippen molar-refractivity contribution in [3.05, 3.63) is 108 Å². The predicted molar refractivity (Wildman–Crippen MR) is 300 cm³/mol. The van der Waals surface area contributed by atoms with Crippen LogP contribution >= 0.6 is 0 Å². The summed E-state index contributed by atoms with van der Waals surface area (Å²) in [4.78, 5) is 144. The molecule has 31 nitrogen and oxygen atoms in total. The van der Waals surface area contributed by atoms with Crippen LogP contribution in [-0.2, 0) is 133 Å². The van der Waals surface area contributed by atoms with E-state index in [0.29, 0.717) is 0 Å². The normalized spacial score (nSPS) is 31.2. The van der Waals surface area contributed by atoms with Crippen molar-refractivity contribution in [1.29, 1.82) is 0 Å². The summed E-state index contributed by atoms with van der Waals surface area (Å²) in [6.45, 7) is 6.76. The standard InChI is InChI=1S/C62H70O31/c1-29(63)74-25-41-45(78-30(2)64)49(81-33(5)67)53(83-35(7)69)59(87-41)76-27-43-46(79-31(3)65)50(82-34(6)68)54(84-36(8)70)60(88-43)77-28-44-47(80-32(4)66)51(55-61(89-44)86-37(9)85-55)93-62-52(92-58(73)40-23-17-12-18-24-40)48(91-57(72)39-21-15-11-16-22-39)42(90-62)26-75-56(71)38-19-13-10-14-20-38/h10-24,37,41-55,59-62H,25-28H2,1-9H3/t37?,41-,42+,43-,44-,45+,46+,47+,48+,49+,50+,51+,52-,53-,54-,55-,59-,60-,61+,62+/m1/s1. The lowest BCUT2D eigenvalue weighted by molar-refractivity contribution is -0.342. The Bertz CT molecular complexity index is 3130. The minimum absolute atomic E-state index is 0.0485. The van der Waals surface area contributed by atoms with E-state index in [0.717, 1.165) is 55.4 Å². The molecule has 5 aliphatic heterocycles. The monoisotopic (exact) mass is 1310 g/mol. The zero-order chi connectivity index (χ0) is 67.2. The van der Waals surface area contributed by atoms with E-state index in [1.54, 1.807) is 54.6 Å². The lowest BCUT2D eigenvalue weighted by Crippen LogP contribution is -2.65. The van der Waals surface area contributed by atoms with Gasteiger partial charge in [0.05, 0.1) is 29.9 Å². The second-order valence-electron chi connectivity index (χ2n) is 21.5. The van der Waals surface area contributed by atoms with Gasteiger partial charge in [-0.3, -0.25) is 38.4 Å². The number of carbonyl (C=O) groups is 11. The van der Waals surface area contributed by atoms with E-state index in [9.17, 15) is 52.7 Å². The van der Waals surface area contributed by atoms with Crippen molar-refractivity contribution in [2.75, 3.05) is 26.4 Å². The summed E-state index contributed by atoms with van der Waals surface area (Å²) in [6.07, 6.45) is -32.6. The minimum atomic E-state index is -1.92. The molecule has 5 heterocycles. The SMILES string of the molecule is CC(=O)OC[C@H]1O[C@@H](OC[C@H]2O[C@@H](OC[C@H]3O[C@@H]4OC(C)O[C@@H]4[C@@H](O[C@@H]4O[C@@H](COC(=O)c5ccccc5)[C@H](OC(=O)c5ccccc5)[C@H]4OC(=O)c4ccccc4)[C@H]3OC(C)=O)[C@H](OC(C)=O)[C@@H](OC(C)=O)[C@H]2OC(C)=O)[C@H](OC(C)=O)[C@@H](OC(C)=O)[C@H]1OC(C)=O. The highest BCUT2D eigenvalue weighted by Crippen LogP contribution is 2.40. The molecule has 3 aromatic carbocycles. The molecular weight excluding hydrogens is 1240 g/mol. The Morgan fingerprint density at radius 3 is 1.05 bits per heavy atom. The molecule has 5 aliphatic rings. The van der Waals surface area contributed by atoms with Gasteiger partial charge in [-0.05, 0) is 43.3 Å². The van der Waals surface area contributed by atoms with Crippen LogP contribution in [0, 0.1) is 0 Å². The Morgan fingerprint density at radius 1 is 0.312 bits per heavy atom. The average molecular weight is 1310 g/mol. The van der Waals surface area contributed by atoms with E-state index in [1.807, 2.05) is 0 Å². The Balaban J connectivity index is 1.14. The topological polar surface area (TPSA) is 372 Å². The van der Waals surface area contributed by atoms with Gasteiger partial charge in [-0.25, -0.2) is 14.4 Å². The number of rotatable bonds is 24. The minimum Gasteiger partial charge on any atom is -0.463 e. The summed E-state index contributed by atoms with van der Waals surface area (Å²) < 4.78 is 120. The summed E-state index contributed by atoms with van der Waals surface area (Å²) in [5.74, 6) is -10.2. The number of hydrogen-bond acceptors (Lipinski definition) is 31. The van der Waals surface area contributed by atoms with Gasteiger partial charge in [0.2, 0.25) is 0 Å². The molecule has 0 spiro atoms. The first-order valence-electron chi connectivity index (χ1n) is 29.2. The van der Waals surface area contributed by atoms with Crippen molar-refractivity contribution in [2.45, 2.75) is 185 Å². The van der Waals surface area contributed by atoms with Crippen molar-refractivity contribution in [2.24, 2.45) is 0 Å². The molecule has 0 amide bonds. The third kappa shape index (κ3) is 18.8. The van der Waals surface area contributed by atoms with Crippen molar-refractivity contribution < 1.29 is 147 Å². The first-order valence-corrected chi connectivity index (χ1v) is 29.2. The van der Waals surface area contributed by atoms with Crippen LogP contribution in [0.3, 0.4) is 0 Å². The summed E-state index contributed by atoms with van der Waals surface area (Å²) >= 11 is 0. The van der Waals surface area contributed by atoms with Crippen LogP contribution in [0.5, 0.6) is 0 Å². The number of ether oxygens (including phenoxy) is 20. The summed E-state index contributed by atoms with van der Waals surface area (Å²) in [5.41, 5.74) is 0.278. The third-order valence-electron chi connectivity index (χ3n) is 14.3. The fourth-order valence-electron chi connectivity index (χ4n) is 10.7. The van der Waals surface area contributed by atoms with E-state index in [-0.39, 0.29) is 16.7 Å². The van der Waals surface area contributed by atoms with Crippen LogP contribution in [0.25, 0.3) is 0 Å². The highest BCUT2D eigenvalue weighted by atomic mass is 16.8. The number of fused-ring (bicyclic) bond motifs is 1. The zero-order valence-electron chi connectivity index (χ0n) is 51.7. The van der Waals surface area contributed by atoms with Crippen molar-refractivity contribution in [3.63, 3.8) is 0 Å². The zero-order valence-corrected chi connectivity index (χ0v) is 51.7. The van der Waals surface area contributed by atoms with Crippen LogP contribution in [0.2, 0.25) is 0 Å². The maximum Gasteiger partial charge on any atom is 0.338 e. The third-order valence-corrected chi connectivity index (χ3v) is 14.3. The fourth-order valence-corrected chi connectivity index (χ4v) is 10.7. The molecule has 0 aliphatic carbocycles. The van der Waals surface area contributed by atoms with Crippen LogP contribution in [0.15, 0.2) is 91.0 Å². The lowest BCUT2D eigenvalue weighted by atomic mass is 9.96. The highest BCUT2D eigenvalue weighted by molar-refractivity contribution is 5.91. The number of benzene rings is 3. The van der Waals surface area contributed by atoms with Crippen LogP contribution in [0.4, 0.5) is 0 Å². The Morgan fingerprint density at radius 2 is 0.634 bits per heavy atom. The molecule has 0 saturated carbocycles. The molecule has 5 saturated heterocycles. The predicted octanol–water partition coefficient (Wildman–Crippen LogP) is 2.46. The van der Waals surface area contributed by atoms with Crippen molar-refractivity contribution >= 4 is 65.7 Å². The van der Waals surface area contributed by atoms with Crippen LogP contribution in [0.1, 0.15) is 93.4 Å². The smallest absolute Gasteiger partial charge is 0.338 e. The van der Waals surface area contributed by atoms with E-state index in [4.69, 9.17) is 94.7 Å². The summed E-state index contributed by atoms with van der Waals surface area (Å²) in [5, 5.41) is 0. The molecule has 93 heavy (non-hydrogen) atoms. The van der Waals surface area contributed by atoms with Crippen molar-refractivity contribution in [1.82, 2.24) is 0 Å². The van der Waals surface area contributed by atoms with Crippen molar-refractivity contribution in [3.8, 4) is 0 Å². The lowest BCUT2D eigenvalue weighted by Gasteiger charge is -2.47. The Hall–Kier alpha value is -8.53. The van der Waals surface area contributed by atoms with Gasteiger partial charge in [0.1, 0.15) is 49.8 Å². The fraction of sp³-hybridized carbons (Fsp3) is 0.532. The van der Waals surface area contributed by atoms with Gasteiger partial charge in [-0.2, -0.15) is 0 Å². The number of carbonyl (C=O) groups excluding carboxylic acids is 11. The van der Waals surface area contributed by atoms with Crippen LogP contribution < -0.4 is 0 Å². The van der Waals surface area contributed by atoms with Gasteiger partial charge in [-0.1, -0.05) is 54.6 Å². The molecule has 1 unspecified atom stereocenters. The first-order chi connectivity index (χ1) is 44.3. The summed E-state index contributed by atoms with van der Waals surface area (Å²) in [7, 11) is 0. The van der Waals surface area contributed by atoms with Gasteiger partial charge in [0.15, 0.2) is 86.4 Å². The van der Waals surface area contributed by atoms with Gasteiger partial charge in [0, 0.05) is 55.4 Å². The quantitative estimate of drug-likeness (QED) is 0.0918. The number of esters is 11. The molecule has 0 radical (unpaired) electrons. The Kier molecular flexibility index (Phi) is 24.5. The molecular formula is C62H70O31. The Labute approximate surface area is 531 Å². The van der Waals surface area contributed by atoms with E-state index < -0.39 is 215 Å². The molecule has 8 rings (SSSR count). The second-order valence-corrected chi connectivity index (χ2v) is 21.5. The molecule has 5 fully saturated rings. The summed E-state index contributed by atoms with van der Waals surface area (Å²) in [6, 6.07) is 23.4. The second kappa shape index (κ2) is 32.4. The van der Waals surface area contributed by atoms with E-state index in [1.165, 1.54) is 43.3 Å². The van der Waals surface area contributed by atoms with Gasteiger partial charge >= 0.3 is 65.7 Å². The van der Waals surface area contributed by atoms with E-state index >= 15 is 0 Å². The molecule has 0 bridgehead atoms. The molecule has 20 atom stereocenters. The number of hydrogen-bond donors (Lipinski definition) is 0. The largest absolute Gasteiger partial charge is 0.463 e. The average Bonchev–Trinajstić information content (AvgIpc) is 1.75.